The second-order valence-electron chi connectivity index (χ2n) is 3.43. The Labute approximate surface area is 82.4 Å². The molecule has 0 fully saturated rings. The van der Waals surface area contributed by atoms with Gasteiger partial charge >= 0.3 is 0 Å². The molecule has 3 nitrogen and oxygen atoms in total. The van der Waals surface area contributed by atoms with E-state index >= 15 is 0 Å². The molecule has 0 N–H and O–H groups in total. The third-order valence-corrected chi connectivity index (χ3v) is 2.46. The number of Topliss-reactive ketones (excluding diaryl/α,β-unsaturated/α-hetero) is 1. The smallest absolute Gasteiger partial charge is 0.164 e. The van der Waals surface area contributed by atoms with Crippen LogP contribution in [0.15, 0.2) is 12.1 Å². The molecule has 1 heterocycles. The molecule has 2 rings (SSSR count). The van der Waals surface area contributed by atoms with Crippen LogP contribution in [0.3, 0.4) is 0 Å². The predicted molar refractivity (Wildman–Crippen MR) is 50.8 cm³/mol. The van der Waals surface area contributed by atoms with Crippen molar-refractivity contribution in [3.05, 3.63) is 29.1 Å². The van der Waals surface area contributed by atoms with Crippen molar-refractivity contribution in [1.82, 2.24) is 4.98 Å². The van der Waals surface area contributed by atoms with Gasteiger partial charge in [0.1, 0.15) is 11.8 Å². The number of aryl methyl sites for hydroxylation is 1. The molecule has 70 valence electrons. The van der Waals surface area contributed by atoms with Gasteiger partial charge < -0.3 is 0 Å². The van der Waals surface area contributed by atoms with Gasteiger partial charge in [-0.05, 0) is 31.4 Å². The Bertz CT molecular complexity index is 418. The zero-order valence-electron chi connectivity index (χ0n) is 7.79. The van der Waals surface area contributed by atoms with Crippen molar-refractivity contribution in [2.45, 2.75) is 25.7 Å². The molecule has 1 aliphatic rings. The van der Waals surface area contributed by atoms with E-state index in [4.69, 9.17) is 5.26 Å². The lowest BCUT2D eigenvalue weighted by molar-refractivity contribution is 0.0981. The molecule has 0 radical (unpaired) electrons. The normalized spacial score (nSPS) is 15.5. The number of nitrogens with zero attached hydrogens (tertiary/aromatic N) is 2. The van der Waals surface area contributed by atoms with Crippen LogP contribution in [0.4, 0.5) is 0 Å². The molecule has 0 amide bonds. The first-order valence-corrected chi connectivity index (χ1v) is 4.74. The van der Waals surface area contributed by atoms with Gasteiger partial charge in [0.2, 0.25) is 0 Å². The average molecular weight is 186 g/mol. The molecular weight excluding hydrogens is 176 g/mol. The maximum atomic E-state index is 11.6. The molecule has 0 bridgehead atoms. The van der Waals surface area contributed by atoms with E-state index in [1.807, 2.05) is 6.07 Å². The molecule has 0 saturated heterocycles. The van der Waals surface area contributed by atoms with Gasteiger partial charge in [0.15, 0.2) is 5.78 Å². The first-order valence-electron chi connectivity index (χ1n) is 4.74. The first kappa shape index (κ1) is 8.89. The Morgan fingerprint density at radius 2 is 2.07 bits per heavy atom. The lowest BCUT2D eigenvalue weighted by Crippen LogP contribution is -2.03. The van der Waals surface area contributed by atoms with Gasteiger partial charge in [-0.2, -0.15) is 5.26 Å². The average Bonchev–Trinajstić information content (AvgIpc) is 2.40. The summed E-state index contributed by atoms with van der Waals surface area (Å²) in [5.74, 6) is 0.162. The molecule has 3 heteroatoms. The summed E-state index contributed by atoms with van der Waals surface area (Å²) in [6.45, 7) is 0. The summed E-state index contributed by atoms with van der Waals surface area (Å²) in [5.41, 5.74) is 1.91. The van der Waals surface area contributed by atoms with E-state index in [0.717, 1.165) is 25.0 Å². The summed E-state index contributed by atoms with van der Waals surface area (Å²) in [6.07, 6.45) is 3.34. The summed E-state index contributed by atoms with van der Waals surface area (Å²) in [7, 11) is 0. The largest absolute Gasteiger partial charge is 0.294 e. The number of rotatable bonds is 0. The van der Waals surface area contributed by atoms with E-state index in [1.54, 1.807) is 12.1 Å². The minimum Gasteiger partial charge on any atom is -0.294 e. The van der Waals surface area contributed by atoms with Crippen LogP contribution in [0.1, 0.15) is 41.0 Å². The lowest BCUT2D eigenvalue weighted by Gasteiger charge is -2.02. The van der Waals surface area contributed by atoms with Crippen LogP contribution in [-0.4, -0.2) is 10.8 Å². The number of hydrogen-bond acceptors (Lipinski definition) is 3. The second-order valence-corrected chi connectivity index (χ2v) is 3.43. The van der Waals surface area contributed by atoms with Crippen LogP contribution in [-0.2, 0) is 6.42 Å². The van der Waals surface area contributed by atoms with Crippen molar-refractivity contribution in [2.75, 3.05) is 0 Å². The Morgan fingerprint density at radius 1 is 1.29 bits per heavy atom. The van der Waals surface area contributed by atoms with Crippen LogP contribution in [0, 0.1) is 11.3 Å². The number of carbonyl (C=O) groups excluding carboxylic acids is 1. The molecule has 0 aromatic carbocycles. The SMILES string of the molecule is N#Cc1ccc2c(n1)CCCCC2=O. The summed E-state index contributed by atoms with van der Waals surface area (Å²) in [5, 5.41) is 8.68. The van der Waals surface area contributed by atoms with Gasteiger partial charge in [0, 0.05) is 12.0 Å². The number of ketones is 1. The van der Waals surface area contributed by atoms with Gasteiger partial charge in [-0.1, -0.05) is 0 Å². The van der Waals surface area contributed by atoms with E-state index in [0.29, 0.717) is 17.7 Å². The van der Waals surface area contributed by atoms with Crippen molar-refractivity contribution in [3.63, 3.8) is 0 Å². The summed E-state index contributed by atoms with van der Waals surface area (Å²) >= 11 is 0. The van der Waals surface area contributed by atoms with Crippen molar-refractivity contribution in [1.29, 1.82) is 5.26 Å². The highest BCUT2D eigenvalue weighted by atomic mass is 16.1. The van der Waals surface area contributed by atoms with Crippen LogP contribution < -0.4 is 0 Å². The van der Waals surface area contributed by atoms with E-state index in [1.165, 1.54) is 0 Å². The monoisotopic (exact) mass is 186 g/mol. The molecule has 1 aromatic heterocycles. The number of nitriles is 1. The van der Waals surface area contributed by atoms with Crippen molar-refractivity contribution >= 4 is 5.78 Å². The van der Waals surface area contributed by atoms with Gasteiger partial charge in [0.25, 0.3) is 0 Å². The van der Waals surface area contributed by atoms with Gasteiger partial charge in [-0.3, -0.25) is 4.79 Å². The van der Waals surface area contributed by atoms with Gasteiger partial charge in [-0.25, -0.2) is 4.98 Å². The molecule has 0 atom stereocenters. The topological polar surface area (TPSA) is 53.8 Å². The molecule has 1 aliphatic carbocycles. The van der Waals surface area contributed by atoms with E-state index in [-0.39, 0.29) is 5.78 Å². The zero-order chi connectivity index (χ0) is 9.97. The zero-order valence-corrected chi connectivity index (χ0v) is 7.79. The third-order valence-electron chi connectivity index (χ3n) is 2.46. The lowest BCUT2D eigenvalue weighted by atomic mass is 10.1. The third kappa shape index (κ3) is 1.51. The number of carbonyl (C=O) groups is 1. The number of fused-ring (bicyclic) bond motifs is 1. The van der Waals surface area contributed by atoms with Gasteiger partial charge in [-0.15, -0.1) is 0 Å². The fourth-order valence-electron chi connectivity index (χ4n) is 1.72. The van der Waals surface area contributed by atoms with Crippen LogP contribution in [0.25, 0.3) is 0 Å². The van der Waals surface area contributed by atoms with Crippen LogP contribution >= 0.6 is 0 Å². The van der Waals surface area contributed by atoms with E-state index < -0.39 is 0 Å². The van der Waals surface area contributed by atoms with Crippen LogP contribution in [0.2, 0.25) is 0 Å². The minimum atomic E-state index is 0.162. The first-order chi connectivity index (χ1) is 6.81. The fourth-order valence-corrected chi connectivity index (χ4v) is 1.72. The Hall–Kier alpha value is -1.69. The van der Waals surface area contributed by atoms with Crippen molar-refractivity contribution in [3.8, 4) is 6.07 Å². The van der Waals surface area contributed by atoms with Gasteiger partial charge in [0.05, 0.1) is 5.69 Å². The van der Waals surface area contributed by atoms with Crippen LogP contribution in [0.5, 0.6) is 0 Å². The number of aromatic nitrogens is 1. The molecule has 0 aliphatic heterocycles. The Kier molecular flexibility index (Phi) is 2.28. The van der Waals surface area contributed by atoms with Crippen molar-refractivity contribution in [2.24, 2.45) is 0 Å². The predicted octanol–water partition coefficient (Wildman–Crippen LogP) is 1.86. The highest BCUT2D eigenvalue weighted by Crippen LogP contribution is 2.18. The Morgan fingerprint density at radius 3 is 2.86 bits per heavy atom. The second kappa shape index (κ2) is 3.59. The standard InChI is InChI=1S/C11H10N2O/c12-7-8-5-6-9-10(13-8)3-1-2-4-11(9)14/h5-6H,1-4H2. The molecular formula is C11H10N2O. The summed E-state index contributed by atoms with van der Waals surface area (Å²) in [6, 6.07) is 5.33. The van der Waals surface area contributed by atoms with E-state index in [9.17, 15) is 4.79 Å². The summed E-state index contributed by atoms with van der Waals surface area (Å²) in [4.78, 5) is 15.7. The van der Waals surface area contributed by atoms with E-state index in [2.05, 4.69) is 4.98 Å². The fraction of sp³-hybridized carbons (Fsp3) is 0.364. The highest BCUT2D eigenvalue weighted by molar-refractivity contribution is 5.97. The molecule has 14 heavy (non-hydrogen) atoms. The molecule has 0 spiro atoms. The molecule has 0 saturated carbocycles. The molecule has 1 aromatic rings. The Balaban J connectivity index is 2.49. The van der Waals surface area contributed by atoms with Crippen molar-refractivity contribution < 1.29 is 4.79 Å². The number of pyridine rings is 1. The highest BCUT2D eigenvalue weighted by Gasteiger charge is 2.16. The quantitative estimate of drug-likeness (QED) is 0.581. The maximum absolute atomic E-state index is 11.6. The summed E-state index contributed by atoms with van der Waals surface area (Å²) < 4.78 is 0. The number of hydrogen-bond donors (Lipinski definition) is 0. The maximum Gasteiger partial charge on any atom is 0.164 e. The molecule has 0 unspecified atom stereocenters. The minimum absolute atomic E-state index is 0.162.